The maximum absolute atomic E-state index is 14.3. The maximum Gasteiger partial charge on any atom is 1.00 e. The molecule has 3 amide bonds. The van der Waals surface area contributed by atoms with Gasteiger partial charge in [-0.1, -0.05) is 19.3 Å². The van der Waals surface area contributed by atoms with Gasteiger partial charge in [-0.2, -0.15) is 0 Å². The topological polar surface area (TPSA) is 361 Å². The minimum absolute atomic E-state index is 0. The number of hydrogen-bond acceptors (Lipinski definition) is 20. The first-order valence-corrected chi connectivity index (χ1v) is 39.1. The minimum atomic E-state index is -1.33. The van der Waals surface area contributed by atoms with Crippen LogP contribution in [-0.2, 0) is 52.6 Å². The Kier molecular flexibility index (Phi) is 27.7. The average Bonchev–Trinajstić information content (AvgIpc) is 1.56. The van der Waals surface area contributed by atoms with E-state index in [1.807, 2.05) is 70.9 Å². The number of aromatic nitrogens is 6. The zero-order valence-corrected chi connectivity index (χ0v) is 67.5. The van der Waals surface area contributed by atoms with E-state index in [0.29, 0.717) is 115 Å². The van der Waals surface area contributed by atoms with Crippen LogP contribution >= 0.6 is 0 Å². The number of fused-ring (bicyclic) bond motifs is 9. The van der Waals surface area contributed by atoms with Gasteiger partial charge in [0, 0.05) is 69.6 Å². The Bertz CT molecular complexity index is 4980. The summed E-state index contributed by atoms with van der Waals surface area (Å²) in [5.74, 6) is -2.88. The summed E-state index contributed by atoms with van der Waals surface area (Å²) in [5.41, 5.74) is 9.62. The SMILES string of the molecule is COC(=O)N1c2ccc3c(nc([C@@H](O)c4cc(F)ccc4OC)n3[C@@H]3CCC[C@@H](C(=O)O)C3)c2CC[C@@H]1C.COC(=O)N1c2ccc3c(nc([C@H](O)c4cc(F)ccc4OC)n3[C@@H]3CCC[C@@H](C(=O)O)C3)c2CC[C@@H]1C.COC(=O)[C@@H]1CCC[C@@H](n2c(C(O)c3cc(F)ccc3OC)nc3c4c(ccc32)N(C(=O)OC)[C@@H](C)CC4)C1.[Li+].[OH-]. The molecule has 6 heterocycles. The second-order valence-corrected chi connectivity index (χ2v) is 30.6. The third kappa shape index (κ3) is 16.9. The number of aliphatic hydroxyl groups excluding tert-OH is 3. The van der Waals surface area contributed by atoms with E-state index in [2.05, 4.69) is 0 Å². The Morgan fingerprint density at radius 1 is 0.402 bits per heavy atom. The molecule has 0 saturated heterocycles. The molecule has 0 radical (unpaired) electrons. The molecule has 3 aliphatic carbocycles. The largest absolute Gasteiger partial charge is 1.00 e. The molecule has 620 valence electrons. The number of rotatable bonds is 15. The van der Waals surface area contributed by atoms with Crippen LogP contribution in [0.1, 0.15) is 204 Å². The number of aliphatic hydroxyl groups is 3. The van der Waals surface area contributed by atoms with Crippen LogP contribution in [0, 0.1) is 35.2 Å². The summed E-state index contributed by atoms with van der Waals surface area (Å²) in [6, 6.07) is 22.3. The molecule has 117 heavy (non-hydrogen) atoms. The number of nitrogens with zero attached hydrogens (tertiary/aromatic N) is 9. The van der Waals surface area contributed by atoms with Crippen molar-refractivity contribution in [2.24, 2.45) is 17.8 Å². The monoisotopic (exact) mass is 1610 g/mol. The molecular weight excluding hydrogens is 1510 g/mol. The van der Waals surface area contributed by atoms with Crippen LogP contribution in [0.3, 0.4) is 0 Å². The van der Waals surface area contributed by atoms with Gasteiger partial charge in [0.1, 0.15) is 70.5 Å². The fourth-order valence-electron chi connectivity index (χ4n) is 18.3. The number of hydrogen-bond donors (Lipinski definition) is 5. The first kappa shape index (κ1) is 87.4. The number of amides is 3. The van der Waals surface area contributed by atoms with Crippen molar-refractivity contribution in [1.82, 2.24) is 28.7 Å². The molecule has 6 N–H and O–H groups in total. The second-order valence-electron chi connectivity index (χ2n) is 30.6. The molecular formula is C85H99F3LiN9O19. The average molecular weight is 1610 g/mol. The summed E-state index contributed by atoms with van der Waals surface area (Å²) < 4.78 is 85.1. The second kappa shape index (κ2) is 37.0. The van der Waals surface area contributed by atoms with E-state index >= 15 is 0 Å². The number of anilines is 3. The van der Waals surface area contributed by atoms with Gasteiger partial charge in [0.2, 0.25) is 0 Å². The number of carboxylic acid groups (broad SMARTS) is 2. The number of methoxy groups -OCH3 is 7. The fourth-order valence-corrected chi connectivity index (χ4v) is 18.3. The molecule has 28 nitrogen and oxygen atoms in total. The molecule has 9 aromatic rings. The van der Waals surface area contributed by atoms with Crippen LogP contribution in [-0.4, -0.2) is 164 Å². The molecule has 0 bridgehead atoms. The number of ether oxygens (including phenoxy) is 7. The number of halogens is 3. The van der Waals surface area contributed by atoms with Crippen molar-refractivity contribution < 1.29 is 125 Å². The number of esters is 1. The van der Waals surface area contributed by atoms with E-state index in [1.54, 1.807) is 14.7 Å². The third-order valence-electron chi connectivity index (χ3n) is 24.0. The summed E-state index contributed by atoms with van der Waals surface area (Å²) in [4.78, 5) is 93.7. The number of carbonyl (C=O) groups is 6. The van der Waals surface area contributed by atoms with Gasteiger partial charge in [0.25, 0.3) is 0 Å². The molecule has 12 atom stereocenters. The molecule has 32 heteroatoms. The first-order valence-electron chi connectivity index (χ1n) is 39.1. The Morgan fingerprint density at radius 2 is 0.684 bits per heavy atom. The van der Waals surface area contributed by atoms with Crippen molar-refractivity contribution in [2.75, 3.05) is 64.5 Å². The van der Waals surface area contributed by atoms with E-state index in [9.17, 15) is 67.5 Å². The molecule has 15 rings (SSSR count). The normalized spacial score (nSPS) is 21.6. The van der Waals surface area contributed by atoms with Gasteiger partial charge in [-0.3, -0.25) is 29.1 Å². The van der Waals surface area contributed by atoms with Gasteiger partial charge in [-0.05, 0) is 208 Å². The van der Waals surface area contributed by atoms with Crippen LogP contribution < -0.4 is 47.8 Å². The molecule has 3 saturated carbocycles. The summed E-state index contributed by atoms with van der Waals surface area (Å²) in [6.45, 7) is 5.90. The number of carboxylic acids is 2. The Hall–Kier alpha value is -10.4. The van der Waals surface area contributed by atoms with Gasteiger partial charge in [-0.25, -0.2) is 42.5 Å². The molecule has 3 aliphatic heterocycles. The van der Waals surface area contributed by atoms with Crippen LogP contribution in [0.25, 0.3) is 33.1 Å². The van der Waals surface area contributed by atoms with Gasteiger partial charge >= 0.3 is 55.0 Å². The van der Waals surface area contributed by atoms with Crippen molar-refractivity contribution in [3.63, 3.8) is 0 Å². The molecule has 1 unspecified atom stereocenters. The van der Waals surface area contributed by atoms with Gasteiger partial charge < -0.3 is 77.9 Å². The molecule has 6 aliphatic rings. The fraction of sp³-hybridized carbons (Fsp3) is 0.471. The van der Waals surface area contributed by atoms with Crippen molar-refractivity contribution >= 4 is 86.3 Å². The van der Waals surface area contributed by atoms with Crippen LogP contribution in [0.2, 0.25) is 0 Å². The van der Waals surface area contributed by atoms with Gasteiger partial charge in [0.15, 0.2) is 0 Å². The number of carbonyl (C=O) groups excluding carboxylic acids is 4. The minimum Gasteiger partial charge on any atom is -0.870 e. The van der Waals surface area contributed by atoms with Crippen LogP contribution in [0.15, 0.2) is 91.0 Å². The predicted octanol–water partition coefficient (Wildman–Crippen LogP) is 11.9. The van der Waals surface area contributed by atoms with E-state index in [4.69, 9.17) is 48.1 Å². The Labute approximate surface area is 686 Å². The number of aryl methyl sites for hydroxylation is 3. The van der Waals surface area contributed by atoms with E-state index in [1.165, 1.54) is 104 Å². The van der Waals surface area contributed by atoms with Crippen molar-refractivity contribution in [2.45, 2.75) is 191 Å². The number of imidazole rings is 3. The predicted molar refractivity (Wildman–Crippen MR) is 420 cm³/mol. The van der Waals surface area contributed by atoms with E-state index in [0.717, 1.165) is 90.3 Å². The van der Waals surface area contributed by atoms with E-state index in [-0.39, 0.29) is 101 Å². The standard InChI is InChI=1S/C29H34FN3O6.2C28H32FN3O6.Li.H2O/c1-16-8-10-20-22(32(16)29(36)39-4)11-12-23-25(20)31-27(26(34)21-15-18(30)9-13-24(21)37-2)33(23)19-7-5-6-17(14-19)28(35)38-3;2*1-15-7-9-19-21(31(15)28(36)38-3)10-11-22-24(19)30-26(25(33)20-14-17(29)8-12-23(20)37-2)32(22)18-6-4-5-16(13-18)27(34)35;;/h9,11-13,15-17,19,26,34H,5-8,10,14H2,1-4H3;2*8,10-12,14-16,18,25,33H,4-7,9,13H2,1-3H3,(H,34,35);;1H2/q;;;+1;/p-1/t16-,17+,19+,26?;15-,16+,18+,25+;15-,16+,18+,25-;;/m000../s1. The number of benzene rings is 6. The van der Waals surface area contributed by atoms with Crippen LogP contribution in [0.5, 0.6) is 17.2 Å². The van der Waals surface area contributed by atoms with E-state index < -0.39 is 77.8 Å². The zero-order chi connectivity index (χ0) is 82.1. The summed E-state index contributed by atoms with van der Waals surface area (Å²) in [7, 11) is 9.81. The van der Waals surface area contributed by atoms with Crippen molar-refractivity contribution in [3.05, 3.63) is 159 Å². The van der Waals surface area contributed by atoms with Gasteiger partial charge in [-0.15, -0.1) is 0 Å². The summed E-state index contributed by atoms with van der Waals surface area (Å²) in [6.07, 6.45) is 6.53. The quantitative estimate of drug-likeness (QED) is 0.0361. The smallest absolute Gasteiger partial charge is 0.870 e. The van der Waals surface area contributed by atoms with Gasteiger partial charge in [0.05, 0.1) is 118 Å². The Balaban J connectivity index is 0.000000171. The van der Waals surface area contributed by atoms with Crippen molar-refractivity contribution in [1.29, 1.82) is 0 Å². The molecule has 0 spiro atoms. The Morgan fingerprint density at radius 3 is 0.949 bits per heavy atom. The van der Waals surface area contributed by atoms with Crippen molar-refractivity contribution in [3.8, 4) is 17.2 Å². The third-order valence-corrected chi connectivity index (χ3v) is 24.0. The molecule has 6 aromatic carbocycles. The zero-order valence-electron chi connectivity index (χ0n) is 67.5. The summed E-state index contributed by atoms with van der Waals surface area (Å²) >= 11 is 0. The molecule has 3 fully saturated rings. The maximum atomic E-state index is 14.3. The van der Waals surface area contributed by atoms with Crippen LogP contribution in [0.4, 0.5) is 44.6 Å². The first-order chi connectivity index (χ1) is 55.3. The molecule has 3 aromatic heterocycles. The summed E-state index contributed by atoms with van der Waals surface area (Å²) in [5, 5.41) is 54.4. The number of aliphatic carboxylic acids is 2.